The molecule has 0 fully saturated rings. The first-order valence-corrected chi connectivity index (χ1v) is 6.03. The van der Waals surface area contributed by atoms with Gasteiger partial charge in [-0.05, 0) is 39.0 Å². The second-order valence-electron chi connectivity index (χ2n) is 4.97. The molecule has 6 heteroatoms. The predicted octanol–water partition coefficient (Wildman–Crippen LogP) is 1.72. The van der Waals surface area contributed by atoms with Crippen molar-refractivity contribution >= 4 is 23.2 Å². The number of nitrogens with two attached hydrogens (primary N) is 1. The van der Waals surface area contributed by atoms with Gasteiger partial charge in [-0.25, -0.2) is 4.39 Å². The fourth-order valence-corrected chi connectivity index (χ4v) is 1.47. The van der Waals surface area contributed by atoms with Gasteiger partial charge in [0, 0.05) is 16.8 Å². The molecule has 0 saturated carbocycles. The highest BCUT2D eigenvalue weighted by Crippen LogP contribution is 2.17. The van der Waals surface area contributed by atoms with Gasteiger partial charge >= 0.3 is 0 Å². The average molecular weight is 280 g/mol. The van der Waals surface area contributed by atoms with Crippen LogP contribution in [0, 0.1) is 0 Å². The minimum atomic E-state index is -1.95. The molecule has 0 heterocycles. The molecule has 1 aromatic rings. The number of nitrogens with one attached hydrogen (secondary N) is 1. The standard InChI is InChI=1S/C14H17FN2O3/c1-8(18)9-4-10(13(16)20)6-11(5-9)17-7-12(19)14(2,3)15/h4-6,17H,7H2,1-3H3,(H2,16,20). The molecule has 0 spiro atoms. The third-order valence-corrected chi connectivity index (χ3v) is 2.74. The average Bonchev–Trinajstić information content (AvgIpc) is 2.34. The van der Waals surface area contributed by atoms with E-state index in [-0.39, 0.29) is 23.5 Å². The molecule has 20 heavy (non-hydrogen) atoms. The highest BCUT2D eigenvalue weighted by atomic mass is 19.1. The molecule has 3 N–H and O–H groups in total. The topological polar surface area (TPSA) is 89.3 Å². The molecule has 0 aromatic heterocycles. The lowest BCUT2D eigenvalue weighted by Crippen LogP contribution is -2.32. The molecule has 0 saturated heterocycles. The van der Waals surface area contributed by atoms with Crippen LogP contribution in [0.15, 0.2) is 18.2 Å². The Hall–Kier alpha value is -2.24. The minimum absolute atomic E-state index is 0.146. The third-order valence-electron chi connectivity index (χ3n) is 2.74. The van der Waals surface area contributed by atoms with Crippen LogP contribution >= 0.6 is 0 Å². The normalized spacial score (nSPS) is 11.0. The van der Waals surface area contributed by atoms with Crippen molar-refractivity contribution in [3.63, 3.8) is 0 Å². The third kappa shape index (κ3) is 4.15. The van der Waals surface area contributed by atoms with Crippen LogP contribution in [0.4, 0.5) is 10.1 Å². The summed E-state index contributed by atoms with van der Waals surface area (Å²) in [5.41, 5.74) is 4.02. The monoisotopic (exact) mass is 280 g/mol. The lowest BCUT2D eigenvalue weighted by atomic mass is 10.0. The maximum Gasteiger partial charge on any atom is 0.248 e. The Bertz CT molecular complexity index is 530. The van der Waals surface area contributed by atoms with Crippen molar-refractivity contribution in [1.29, 1.82) is 0 Å². The highest BCUT2D eigenvalue weighted by Gasteiger charge is 2.25. The van der Waals surface area contributed by atoms with Crippen LogP contribution in [0.5, 0.6) is 0 Å². The molecule has 1 amide bonds. The van der Waals surface area contributed by atoms with E-state index >= 15 is 0 Å². The Morgan fingerprint density at radius 3 is 2.20 bits per heavy atom. The molecule has 1 rings (SSSR count). The molecule has 5 nitrogen and oxygen atoms in total. The lowest BCUT2D eigenvalue weighted by Gasteiger charge is -2.14. The number of hydrogen-bond acceptors (Lipinski definition) is 4. The number of carbonyl (C=O) groups excluding carboxylic acids is 3. The van der Waals surface area contributed by atoms with Crippen molar-refractivity contribution in [2.45, 2.75) is 26.4 Å². The maximum atomic E-state index is 13.4. The van der Waals surface area contributed by atoms with Crippen molar-refractivity contribution in [3.05, 3.63) is 29.3 Å². The van der Waals surface area contributed by atoms with Gasteiger partial charge in [0.2, 0.25) is 5.91 Å². The zero-order valence-electron chi connectivity index (χ0n) is 11.6. The van der Waals surface area contributed by atoms with Crippen LogP contribution in [-0.4, -0.2) is 29.7 Å². The Kier molecular flexibility index (Phi) is 4.60. The number of halogens is 1. The van der Waals surface area contributed by atoms with E-state index in [4.69, 9.17) is 5.73 Å². The van der Waals surface area contributed by atoms with E-state index < -0.39 is 17.4 Å². The van der Waals surface area contributed by atoms with Crippen LogP contribution in [0.3, 0.4) is 0 Å². The molecule has 0 unspecified atom stereocenters. The number of amides is 1. The largest absolute Gasteiger partial charge is 0.378 e. The Morgan fingerprint density at radius 2 is 1.75 bits per heavy atom. The molecule has 0 bridgehead atoms. The molecule has 0 aliphatic carbocycles. The molecule has 0 radical (unpaired) electrons. The van der Waals surface area contributed by atoms with E-state index in [0.29, 0.717) is 5.69 Å². The van der Waals surface area contributed by atoms with Gasteiger partial charge in [0.25, 0.3) is 0 Å². The summed E-state index contributed by atoms with van der Waals surface area (Å²) in [5.74, 6) is -1.56. The number of alkyl halides is 1. The Labute approximate surface area is 116 Å². The van der Waals surface area contributed by atoms with Gasteiger partial charge in [-0.15, -0.1) is 0 Å². The molecular formula is C14H17FN2O3. The first kappa shape index (κ1) is 15.8. The van der Waals surface area contributed by atoms with Crippen LogP contribution in [0.1, 0.15) is 41.5 Å². The van der Waals surface area contributed by atoms with Gasteiger partial charge in [-0.2, -0.15) is 0 Å². The summed E-state index contributed by atoms with van der Waals surface area (Å²) in [6.07, 6.45) is 0. The SMILES string of the molecule is CC(=O)c1cc(NCC(=O)C(C)(C)F)cc(C(N)=O)c1. The summed E-state index contributed by atoms with van der Waals surface area (Å²) in [7, 11) is 0. The second-order valence-corrected chi connectivity index (χ2v) is 4.97. The summed E-state index contributed by atoms with van der Waals surface area (Å²) < 4.78 is 13.4. The van der Waals surface area contributed by atoms with Crippen LogP contribution in [0.25, 0.3) is 0 Å². The number of carbonyl (C=O) groups is 3. The van der Waals surface area contributed by atoms with Gasteiger partial charge in [0.1, 0.15) is 0 Å². The van der Waals surface area contributed by atoms with Crippen molar-refractivity contribution in [2.24, 2.45) is 5.73 Å². The summed E-state index contributed by atoms with van der Waals surface area (Å²) >= 11 is 0. The second kappa shape index (κ2) is 5.81. The predicted molar refractivity (Wildman–Crippen MR) is 73.6 cm³/mol. The molecule has 0 aliphatic heterocycles. The van der Waals surface area contributed by atoms with E-state index in [2.05, 4.69) is 5.32 Å². The summed E-state index contributed by atoms with van der Waals surface area (Å²) in [6, 6.07) is 4.26. The van der Waals surface area contributed by atoms with Crippen molar-refractivity contribution in [1.82, 2.24) is 0 Å². The fraction of sp³-hybridized carbons (Fsp3) is 0.357. The number of ketones is 2. The zero-order chi connectivity index (χ0) is 15.5. The molecule has 108 valence electrons. The number of hydrogen-bond donors (Lipinski definition) is 2. The van der Waals surface area contributed by atoms with Gasteiger partial charge in [0.15, 0.2) is 17.2 Å². The number of anilines is 1. The van der Waals surface area contributed by atoms with Crippen LogP contribution in [-0.2, 0) is 4.79 Å². The molecule has 1 aromatic carbocycles. The molecule has 0 aliphatic rings. The Morgan fingerprint density at radius 1 is 1.20 bits per heavy atom. The smallest absolute Gasteiger partial charge is 0.248 e. The van der Waals surface area contributed by atoms with Gasteiger partial charge in [-0.1, -0.05) is 0 Å². The van der Waals surface area contributed by atoms with Crippen molar-refractivity contribution in [2.75, 3.05) is 11.9 Å². The van der Waals surface area contributed by atoms with Crippen molar-refractivity contribution in [3.8, 4) is 0 Å². The quantitative estimate of drug-likeness (QED) is 0.776. The minimum Gasteiger partial charge on any atom is -0.378 e. The summed E-state index contributed by atoms with van der Waals surface area (Å²) in [6.45, 7) is 3.43. The summed E-state index contributed by atoms with van der Waals surface area (Å²) in [4.78, 5) is 34.0. The maximum absolute atomic E-state index is 13.4. The van der Waals surface area contributed by atoms with E-state index in [1.807, 2.05) is 0 Å². The van der Waals surface area contributed by atoms with Gasteiger partial charge in [-0.3, -0.25) is 14.4 Å². The van der Waals surface area contributed by atoms with Crippen LogP contribution < -0.4 is 11.1 Å². The zero-order valence-corrected chi connectivity index (χ0v) is 11.6. The fourth-order valence-electron chi connectivity index (χ4n) is 1.47. The van der Waals surface area contributed by atoms with E-state index in [1.165, 1.54) is 25.1 Å². The van der Waals surface area contributed by atoms with Crippen LogP contribution in [0.2, 0.25) is 0 Å². The number of benzene rings is 1. The lowest BCUT2D eigenvalue weighted by molar-refractivity contribution is -0.126. The van der Waals surface area contributed by atoms with Crippen molar-refractivity contribution < 1.29 is 18.8 Å². The van der Waals surface area contributed by atoms with Gasteiger partial charge in [0.05, 0.1) is 6.54 Å². The van der Waals surface area contributed by atoms with E-state index in [0.717, 1.165) is 13.8 Å². The van der Waals surface area contributed by atoms with E-state index in [1.54, 1.807) is 0 Å². The molecule has 0 atom stereocenters. The summed E-state index contributed by atoms with van der Waals surface area (Å²) in [5, 5.41) is 2.69. The first-order valence-electron chi connectivity index (χ1n) is 6.03. The molecular weight excluding hydrogens is 263 g/mol. The first-order chi connectivity index (χ1) is 9.11. The number of Topliss-reactive ketones (excluding diaryl/α,β-unsaturated/α-hetero) is 2. The number of rotatable bonds is 6. The van der Waals surface area contributed by atoms with Gasteiger partial charge < -0.3 is 11.1 Å². The highest BCUT2D eigenvalue weighted by molar-refractivity contribution is 6.00. The Balaban J connectivity index is 2.98. The number of primary amides is 1. The van der Waals surface area contributed by atoms with E-state index in [9.17, 15) is 18.8 Å².